The molecule has 0 spiro atoms. The fourth-order valence-corrected chi connectivity index (χ4v) is 1.77. The van der Waals surface area contributed by atoms with Crippen LogP contribution in [0.1, 0.15) is 11.1 Å². The predicted octanol–water partition coefficient (Wildman–Crippen LogP) is 3.81. The largest absolute Gasteiger partial charge is 0.207 e. The summed E-state index contributed by atoms with van der Waals surface area (Å²) in [5.41, 5.74) is 1.12. The molecule has 0 heterocycles. The van der Waals surface area contributed by atoms with Gasteiger partial charge in [0.2, 0.25) is 0 Å². The normalized spacial score (nSPS) is 10.0. The molecule has 0 aliphatic carbocycles. The van der Waals surface area contributed by atoms with Crippen molar-refractivity contribution in [3.8, 4) is 17.2 Å². The van der Waals surface area contributed by atoms with Gasteiger partial charge in [-0.05, 0) is 36.2 Å². The lowest BCUT2D eigenvalue weighted by molar-refractivity contribution is 0.617. The van der Waals surface area contributed by atoms with Crippen LogP contribution in [-0.2, 0) is 0 Å². The molecule has 2 aromatic rings. The van der Waals surface area contributed by atoms with Crippen molar-refractivity contribution in [3.63, 3.8) is 0 Å². The zero-order valence-corrected chi connectivity index (χ0v) is 9.17. The highest BCUT2D eigenvalue weighted by Crippen LogP contribution is 2.30. The molecule has 84 valence electrons. The van der Waals surface area contributed by atoms with Crippen molar-refractivity contribution >= 4 is 0 Å². The maximum atomic E-state index is 13.8. The predicted molar refractivity (Wildman–Crippen MR) is 61.2 cm³/mol. The summed E-state index contributed by atoms with van der Waals surface area (Å²) >= 11 is 0. The van der Waals surface area contributed by atoms with Gasteiger partial charge in [0.05, 0.1) is 11.6 Å². The molecule has 0 amide bonds. The Bertz CT molecular complexity index is 612. The van der Waals surface area contributed by atoms with Crippen LogP contribution in [0, 0.1) is 29.9 Å². The molecule has 2 aromatic carbocycles. The average molecular weight is 229 g/mol. The number of hydrogen-bond acceptors (Lipinski definition) is 1. The number of nitriles is 1. The summed E-state index contributed by atoms with van der Waals surface area (Å²) < 4.78 is 27.2. The highest BCUT2D eigenvalue weighted by atomic mass is 19.1. The number of halogens is 2. The average Bonchev–Trinajstić information content (AvgIpc) is 2.33. The summed E-state index contributed by atoms with van der Waals surface area (Å²) in [6.07, 6.45) is 0. The molecular weight excluding hydrogens is 220 g/mol. The van der Waals surface area contributed by atoms with E-state index in [1.165, 1.54) is 30.3 Å². The molecule has 0 aromatic heterocycles. The Morgan fingerprint density at radius 1 is 1.00 bits per heavy atom. The monoisotopic (exact) mass is 229 g/mol. The Kier molecular flexibility index (Phi) is 2.88. The minimum atomic E-state index is -0.516. The van der Waals surface area contributed by atoms with E-state index in [1.54, 1.807) is 13.0 Å². The minimum Gasteiger partial charge on any atom is -0.207 e. The lowest BCUT2D eigenvalue weighted by Gasteiger charge is -2.09. The Balaban J connectivity index is 2.78. The lowest BCUT2D eigenvalue weighted by atomic mass is 9.96. The summed E-state index contributed by atoms with van der Waals surface area (Å²) in [7, 11) is 0. The first-order valence-electron chi connectivity index (χ1n) is 5.09. The van der Waals surface area contributed by atoms with Crippen LogP contribution < -0.4 is 0 Å². The summed E-state index contributed by atoms with van der Waals surface area (Å²) in [5, 5.41) is 8.95. The standard InChI is InChI=1S/C14H9F2N/c1-9-11(5-3-6-12(9)15)14-10(8-17)4-2-7-13(14)16/h2-7H,1H3. The molecule has 2 rings (SSSR count). The van der Waals surface area contributed by atoms with Crippen molar-refractivity contribution in [2.45, 2.75) is 6.92 Å². The van der Waals surface area contributed by atoms with Gasteiger partial charge in [-0.2, -0.15) is 5.26 Å². The number of nitrogens with zero attached hydrogens (tertiary/aromatic N) is 1. The molecule has 0 radical (unpaired) electrons. The zero-order chi connectivity index (χ0) is 12.4. The van der Waals surface area contributed by atoms with Crippen molar-refractivity contribution < 1.29 is 8.78 Å². The van der Waals surface area contributed by atoms with E-state index in [-0.39, 0.29) is 11.1 Å². The number of benzene rings is 2. The molecule has 0 aliphatic rings. The minimum absolute atomic E-state index is 0.159. The Morgan fingerprint density at radius 2 is 1.65 bits per heavy atom. The first kappa shape index (κ1) is 11.3. The third-order valence-corrected chi connectivity index (χ3v) is 2.67. The van der Waals surface area contributed by atoms with E-state index in [0.29, 0.717) is 11.1 Å². The third kappa shape index (κ3) is 1.90. The maximum absolute atomic E-state index is 13.8. The Morgan fingerprint density at radius 3 is 2.35 bits per heavy atom. The molecule has 0 fully saturated rings. The lowest BCUT2D eigenvalue weighted by Crippen LogP contribution is -1.94. The summed E-state index contributed by atoms with van der Waals surface area (Å²) in [5.74, 6) is -0.924. The molecular formula is C14H9F2N. The molecule has 3 heteroatoms. The Labute approximate surface area is 97.9 Å². The molecule has 0 saturated carbocycles. The quantitative estimate of drug-likeness (QED) is 0.729. The molecule has 1 nitrogen and oxygen atoms in total. The zero-order valence-electron chi connectivity index (χ0n) is 9.17. The van der Waals surface area contributed by atoms with E-state index in [1.807, 2.05) is 6.07 Å². The maximum Gasteiger partial charge on any atom is 0.132 e. The van der Waals surface area contributed by atoms with Gasteiger partial charge in [0.15, 0.2) is 0 Å². The number of rotatable bonds is 1. The molecule has 0 bridgehead atoms. The van der Waals surface area contributed by atoms with E-state index < -0.39 is 11.6 Å². The highest BCUT2D eigenvalue weighted by Gasteiger charge is 2.14. The van der Waals surface area contributed by atoms with Crippen molar-refractivity contribution in [1.82, 2.24) is 0 Å². The van der Waals surface area contributed by atoms with Gasteiger partial charge in [-0.3, -0.25) is 0 Å². The second-order valence-electron chi connectivity index (χ2n) is 3.69. The highest BCUT2D eigenvalue weighted by molar-refractivity contribution is 5.73. The van der Waals surface area contributed by atoms with E-state index in [0.717, 1.165) is 0 Å². The number of hydrogen-bond donors (Lipinski definition) is 0. The van der Waals surface area contributed by atoms with Crippen LogP contribution in [0.25, 0.3) is 11.1 Å². The first-order chi connectivity index (χ1) is 8.15. The molecule has 0 aliphatic heterocycles. The van der Waals surface area contributed by atoms with Gasteiger partial charge in [0.1, 0.15) is 11.6 Å². The van der Waals surface area contributed by atoms with Crippen LogP contribution in [0.5, 0.6) is 0 Å². The van der Waals surface area contributed by atoms with Crippen molar-refractivity contribution in [3.05, 3.63) is 59.2 Å². The van der Waals surface area contributed by atoms with E-state index in [9.17, 15) is 8.78 Å². The van der Waals surface area contributed by atoms with Crippen LogP contribution in [-0.4, -0.2) is 0 Å². The van der Waals surface area contributed by atoms with Gasteiger partial charge in [-0.15, -0.1) is 0 Å². The van der Waals surface area contributed by atoms with Crippen LogP contribution in [0.4, 0.5) is 8.78 Å². The smallest absolute Gasteiger partial charge is 0.132 e. The fraction of sp³-hybridized carbons (Fsp3) is 0.0714. The second kappa shape index (κ2) is 4.34. The van der Waals surface area contributed by atoms with Gasteiger partial charge < -0.3 is 0 Å². The Hall–Kier alpha value is -2.21. The van der Waals surface area contributed by atoms with Gasteiger partial charge in [-0.1, -0.05) is 18.2 Å². The van der Waals surface area contributed by atoms with Gasteiger partial charge in [0, 0.05) is 5.56 Å². The van der Waals surface area contributed by atoms with Crippen molar-refractivity contribution in [1.29, 1.82) is 5.26 Å². The van der Waals surface area contributed by atoms with Gasteiger partial charge in [-0.25, -0.2) is 8.78 Å². The molecule has 0 atom stereocenters. The van der Waals surface area contributed by atoms with Crippen LogP contribution in [0.3, 0.4) is 0 Å². The summed E-state index contributed by atoms with van der Waals surface area (Å²) in [6.45, 7) is 1.57. The second-order valence-corrected chi connectivity index (χ2v) is 3.69. The first-order valence-corrected chi connectivity index (χ1v) is 5.09. The topological polar surface area (TPSA) is 23.8 Å². The molecule has 17 heavy (non-hydrogen) atoms. The van der Waals surface area contributed by atoms with Crippen molar-refractivity contribution in [2.24, 2.45) is 0 Å². The van der Waals surface area contributed by atoms with Crippen LogP contribution in [0.15, 0.2) is 36.4 Å². The van der Waals surface area contributed by atoms with E-state index in [4.69, 9.17) is 5.26 Å². The fourth-order valence-electron chi connectivity index (χ4n) is 1.77. The van der Waals surface area contributed by atoms with Gasteiger partial charge in [0.25, 0.3) is 0 Å². The van der Waals surface area contributed by atoms with E-state index in [2.05, 4.69) is 0 Å². The van der Waals surface area contributed by atoms with Crippen molar-refractivity contribution in [2.75, 3.05) is 0 Å². The summed E-state index contributed by atoms with van der Waals surface area (Å²) in [6, 6.07) is 10.6. The molecule has 0 N–H and O–H groups in total. The van der Waals surface area contributed by atoms with Crippen LogP contribution in [0.2, 0.25) is 0 Å². The SMILES string of the molecule is Cc1c(F)cccc1-c1c(F)cccc1C#N. The van der Waals surface area contributed by atoms with Crippen LogP contribution >= 0.6 is 0 Å². The van der Waals surface area contributed by atoms with E-state index >= 15 is 0 Å². The summed E-state index contributed by atoms with van der Waals surface area (Å²) in [4.78, 5) is 0. The third-order valence-electron chi connectivity index (χ3n) is 2.67. The molecule has 0 saturated heterocycles. The molecule has 0 unspecified atom stereocenters. The van der Waals surface area contributed by atoms with Gasteiger partial charge >= 0.3 is 0 Å².